The fourth-order valence-electron chi connectivity index (χ4n) is 6.03. The van der Waals surface area contributed by atoms with Crippen molar-refractivity contribution in [2.45, 2.75) is 66.5 Å². The summed E-state index contributed by atoms with van der Waals surface area (Å²) < 4.78 is 4.77. The third-order valence-corrected chi connectivity index (χ3v) is 8.21. The highest BCUT2D eigenvalue weighted by Gasteiger charge is 2.20. The summed E-state index contributed by atoms with van der Waals surface area (Å²) in [7, 11) is 4.23. The summed E-state index contributed by atoms with van der Waals surface area (Å²) in [5.41, 5.74) is 10.0. The number of likely N-dealkylation sites (N-methyl/N-ethyl adjacent to an activating group) is 1. The summed E-state index contributed by atoms with van der Waals surface area (Å²) in [5, 5.41) is 9.66. The van der Waals surface area contributed by atoms with E-state index in [0.717, 1.165) is 89.3 Å². The van der Waals surface area contributed by atoms with E-state index in [1.165, 1.54) is 11.4 Å². The van der Waals surface area contributed by atoms with Gasteiger partial charge in [-0.05, 0) is 80.7 Å². The fourth-order valence-corrected chi connectivity index (χ4v) is 6.03. The lowest BCUT2D eigenvalue weighted by Crippen LogP contribution is -2.20. The first-order valence-electron chi connectivity index (χ1n) is 15.4. The summed E-state index contributed by atoms with van der Waals surface area (Å²) in [5.74, 6) is 1.20. The molecule has 0 saturated heterocycles. The number of halogens is 3. The summed E-state index contributed by atoms with van der Waals surface area (Å²) >= 11 is 0. The lowest BCUT2D eigenvalue weighted by Gasteiger charge is -2.16. The number of carboxylic acids is 1. The van der Waals surface area contributed by atoms with Gasteiger partial charge in [0.1, 0.15) is 11.6 Å². The molecule has 0 unspecified atom stereocenters. The maximum atomic E-state index is 11.8. The first kappa shape index (κ1) is 44.6. The van der Waals surface area contributed by atoms with Crippen LogP contribution in [0.25, 0.3) is 33.5 Å². The smallest absolute Gasteiger partial charge is 0.336 e. The number of imidazole rings is 2. The van der Waals surface area contributed by atoms with Crippen LogP contribution < -0.4 is 0 Å². The van der Waals surface area contributed by atoms with Gasteiger partial charge in [-0.25, -0.2) is 14.8 Å². The van der Waals surface area contributed by atoms with Crippen LogP contribution in [-0.4, -0.2) is 66.7 Å². The summed E-state index contributed by atoms with van der Waals surface area (Å²) in [6.07, 6.45) is 3.77. The molecule has 0 bridgehead atoms. The number of rotatable bonds is 12. The van der Waals surface area contributed by atoms with E-state index >= 15 is 0 Å². The van der Waals surface area contributed by atoms with E-state index in [0.29, 0.717) is 12.1 Å². The minimum absolute atomic E-state index is 0. The van der Waals surface area contributed by atoms with Crippen LogP contribution in [0.3, 0.4) is 0 Å². The zero-order valence-corrected chi connectivity index (χ0v) is 31.0. The van der Waals surface area contributed by atoms with Crippen molar-refractivity contribution in [3.05, 3.63) is 94.6 Å². The van der Waals surface area contributed by atoms with E-state index in [2.05, 4.69) is 80.1 Å². The molecule has 0 spiro atoms. The van der Waals surface area contributed by atoms with E-state index in [9.17, 15) is 9.90 Å². The van der Waals surface area contributed by atoms with E-state index in [1.807, 2.05) is 24.3 Å². The number of aryl methyl sites for hydroxylation is 3. The molecule has 9 nitrogen and oxygen atoms in total. The first-order chi connectivity index (χ1) is 20.7. The average molecular weight is 723 g/mol. The van der Waals surface area contributed by atoms with Gasteiger partial charge >= 0.3 is 5.97 Å². The van der Waals surface area contributed by atoms with Gasteiger partial charge in [-0.1, -0.05) is 63.2 Å². The largest absolute Gasteiger partial charge is 0.478 e. The number of aromatic nitrogens is 4. The molecule has 5 rings (SSSR count). The van der Waals surface area contributed by atoms with Crippen LogP contribution in [0.1, 0.15) is 65.9 Å². The summed E-state index contributed by atoms with van der Waals surface area (Å²) in [6, 6.07) is 19.9. The highest BCUT2D eigenvalue weighted by atomic mass is 35.5. The topological polar surface area (TPSA) is 139 Å². The predicted molar refractivity (Wildman–Crippen MR) is 204 cm³/mol. The van der Waals surface area contributed by atoms with E-state index in [1.54, 1.807) is 12.1 Å². The highest BCUT2D eigenvalue weighted by molar-refractivity contribution is 5.96. The molecule has 0 aliphatic heterocycles. The number of carbonyl (C=O) groups is 1. The van der Waals surface area contributed by atoms with Crippen molar-refractivity contribution in [1.29, 1.82) is 0 Å². The van der Waals surface area contributed by atoms with Crippen molar-refractivity contribution in [3.8, 4) is 22.5 Å². The van der Waals surface area contributed by atoms with Crippen LogP contribution in [0.15, 0.2) is 60.7 Å². The van der Waals surface area contributed by atoms with Crippen LogP contribution >= 0.6 is 37.2 Å². The Morgan fingerprint density at radius 2 is 1.52 bits per heavy atom. The third kappa shape index (κ3) is 9.16. The number of aromatic carboxylic acids is 1. The standard InChI is InChI=1S/C36H43N5O2.3ClH.2H2O/c1-7-12-33-38-34-24(4)21-27(35-37-30(8-2)31(9-3)40(35)20-19-39(5)6)22-32(34)41(33)23-25-15-17-26(18-16-25)28-13-10-11-14-29(28)36(42)43;;;;;/h10-11,13-18,21-22H,7-9,12,19-20,23H2,1-6H3,(H,42,43);3*1H;2*1H2. The zero-order chi connectivity index (χ0) is 30.7. The second kappa shape index (κ2) is 19.5. The minimum atomic E-state index is -0.917. The van der Waals surface area contributed by atoms with Gasteiger partial charge in [0, 0.05) is 37.3 Å². The van der Waals surface area contributed by atoms with Crippen molar-refractivity contribution < 1.29 is 20.9 Å². The van der Waals surface area contributed by atoms with Crippen LogP contribution in [0.4, 0.5) is 0 Å². The third-order valence-electron chi connectivity index (χ3n) is 8.21. The zero-order valence-electron chi connectivity index (χ0n) is 28.5. The Morgan fingerprint density at radius 1 is 0.854 bits per heavy atom. The molecule has 0 fully saturated rings. The Bertz CT molecular complexity index is 1770. The monoisotopic (exact) mass is 721 g/mol. The van der Waals surface area contributed by atoms with Crippen molar-refractivity contribution >= 4 is 54.2 Å². The van der Waals surface area contributed by atoms with Gasteiger partial charge in [-0.15, -0.1) is 37.2 Å². The molecule has 0 atom stereocenters. The van der Waals surface area contributed by atoms with E-state index in [4.69, 9.17) is 9.97 Å². The molecule has 0 amide bonds. The van der Waals surface area contributed by atoms with E-state index < -0.39 is 5.97 Å². The molecule has 264 valence electrons. The minimum Gasteiger partial charge on any atom is -0.478 e. The van der Waals surface area contributed by atoms with Crippen LogP contribution in [0.5, 0.6) is 0 Å². The van der Waals surface area contributed by atoms with Gasteiger partial charge in [-0.2, -0.15) is 0 Å². The molecular formula is C36H50Cl3N5O4. The molecule has 12 heteroatoms. The maximum Gasteiger partial charge on any atom is 0.336 e. The predicted octanol–water partition coefficient (Wildman–Crippen LogP) is 6.88. The number of hydrogen-bond acceptors (Lipinski definition) is 4. The quantitative estimate of drug-likeness (QED) is 0.150. The molecule has 3 aromatic carbocycles. The summed E-state index contributed by atoms with van der Waals surface area (Å²) in [6.45, 7) is 11.3. The Kier molecular flexibility index (Phi) is 18.1. The highest BCUT2D eigenvalue weighted by Crippen LogP contribution is 2.31. The number of carboxylic acid groups (broad SMARTS) is 1. The van der Waals surface area contributed by atoms with Crippen LogP contribution in [-0.2, 0) is 32.4 Å². The fraction of sp³-hybridized carbons (Fsp3) is 0.361. The molecule has 5 aromatic rings. The first-order valence-corrected chi connectivity index (χ1v) is 15.4. The number of benzene rings is 3. The Balaban J connectivity index is 0.00000442. The van der Waals surface area contributed by atoms with Gasteiger partial charge in [0.05, 0.1) is 22.3 Å². The SMILES string of the molecule is CCCc1nc2c(C)cc(-c3nc(CC)c(CC)n3CCN(C)C)cc2n1Cc1ccc(-c2ccccc2C(=O)O)cc1.Cl.Cl.Cl.O.O. The second-order valence-corrected chi connectivity index (χ2v) is 11.6. The van der Waals surface area contributed by atoms with Gasteiger partial charge in [0.2, 0.25) is 0 Å². The Morgan fingerprint density at radius 3 is 2.10 bits per heavy atom. The Labute approximate surface area is 302 Å². The van der Waals surface area contributed by atoms with Crippen molar-refractivity contribution in [2.75, 3.05) is 20.6 Å². The molecule has 0 aliphatic carbocycles. The van der Waals surface area contributed by atoms with E-state index in [-0.39, 0.29) is 48.2 Å². The van der Waals surface area contributed by atoms with Crippen molar-refractivity contribution in [1.82, 2.24) is 24.0 Å². The van der Waals surface area contributed by atoms with Crippen LogP contribution in [0.2, 0.25) is 0 Å². The lowest BCUT2D eigenvalue weighted by molar-refractivity contribution is 0.0697. The molecule has 0 radical (unpaired) electrons. The molecule has 2 heterocycles. The van der Waals surface area contributed by atoms with Gasteiger partial charge in [-0.3, -0.25) is 0 Å². The Hall–Kier alpha value is -3.44. The van der Waals surface area contributed by atoms with Crippen molar-refractivity contribution in [3.63, 3.8) is 0 Å². The van der Waals surface area contributed by atoms with Gasteiger partial charge < -0.3 is 30.1 Å². The molecule has 48 heavy (non-hydrogen) atoms. The van der Waals surface area contributed by atoms with Crippen molar-refractivity contribution in [2.24, 2.45) is 0 Å². The second-order valence-electron chi connectivity index (χ2n) is 11.6. The molecule has 0 saturated carbocycles. The lowest BCUT2D eigenvalue weighted by atomic mass is 9.98. The van der Waals surface area contributed by atoms with Gasteiger partial charge in [0.25, 0.3) is 0 Å². The molecule has 5 N–H and O–H groups in total. The van der Waals surface area contributed by atoms with Crippen LogP contribution in [0, 0.1) is 6.92 Å². The molecule has 0 aliphatic rings. The normalized spacial score (nSPS) is 10.4. The summed E-state index contributed by atoms with van der Waals surface area (Å²) in [4.78, 5) is 24.3. The number of hydrogen-bond donors (Lipinski definition) is 1. The van der Waals surface area contributed by atoms with Gasteiger partial charge in [0.15, 0.2) is 0 Å². The maximum absolute atomic E-state index is 11.8. The number of fused-ring (bicyclic) bond motifs is 1. The average Bonchev–Trinajstić information content (AvgIpc) is 3.54. The molecular weight excluding hydrogens is 673 g/mol. The molecule has 2 aromatic heterocycles. The number of nitrogens with zero attached hydrogens (tertiary/aromatic N) is 5.